The van der Waals surface area contributed by atoms with Gasteiger partial charge in [-0.2, -0.15) is 0 Å². The van der Waals surface area contributed by atoms with Crippen LogP contribution in [0.25, 0.3) is 0 Å². The molecule has 13 heavy (non-hydrogen) atoms. The van der Waals surface area contributed by atoms with Gasteiger partial charge in [-0.3, -0.25) is 10.1 Å². The number of hydrogen-bond donors (Lipinski definition) is 2. The molecular weight excluding hydrogens is 186 g/mol. The Kier molecular flexibility index (Phi) is 2.79. The van der Waals surface area contributed by atoms with E-state index in [1.54, 1.807) is 11.8 Å². The van der Waals surface area contributed by atoms with Crippen molar-refractivity contribution in [2.45, 2.75) is 37.1 Å². The molecule has 2 aliphatic rings. The van der Waals surface area contributed by atoms with Crippen molar-refractivity contribution in [1.82, 2.24) is 5.32 Å². The van der Waals surface area contributed by atoms with Crippen molar-refractivity contribution < 1.29 is 9.90 Å². The molecule has 2 atom stereocenters. The molecule has 1 heterocycles. The molecule has 1 saturated heterocycles. The van der Waals surface area contributed by atoms with Crippen LogP contribution in [0.3, 0.4) is 0 Å². The lowest BCUT2D eigenvalue weighted by Gasteiger charge is -2.17. The summed E-state index contributed by atoms with van der Waals surface area (Å²) in [4.78, 5) is 10.7. The zero-order valence-corrected chi connectivity index (χ0v) is 8.35. The Morgan fingerprint density at radius 3 is 2.62 bits per heavy atom. The molecule has 0 aromatic carbocycles. The van der Waals surface area contributed by atoms with E-state index in [0.29, 0.717) is 11.3 Å². The lowest BCUT2D eigenvalue weighted by atomic mass is 10.1. The molecule has 0 unspecified atom stereocenters. The normalized spacial score (nSPS) is 35.4. The first-order valence-corrected chi connectivity index (χ1v) is 5.92. The first kappa shape index (κ1) is 9.34. The third kappa shape index (κ3) is 1.99. The predicted octanol–water partition coefficient (Wildman–Crippen LogP) is 1.29. The second-order valence-electron chi connectivity index (χ2n) is 3.86. The van der Waals surface area contributed by atoms with Crippen LogP contribution in [0.4, 0.5) is 0 Å². The Morgan fingerprint density at radius 2 is 2.08 bits per heavy atom. The van der Waals surface area contributed by atoms with Gasteiger partial charge in [0.2, 0.25) is 0 Å². The van der Waals surface area contributed by atoms with Crippen molar-refractivity contribution in [3.63, 3.8) is 0 Å². The van der Waals surface area contributed by atoms with Crippen LogP contribution in [0.5, 0.6) is 0 Å². The van der Waals surface area contributed by atoms with Gasteiger partial charge in [0.25, 0.3) is 0 Å². The summed E-state index contributed by atoms with van der Waals surface area (Å²) in [5, 5.41) is 12.4. The molecule has 0 bridgehead atoms. The molecule has 0 amide bonds. The zero-order chi connectivity index (χ0) is 9.26. The fraction of sp³-hybridized carbons (Fsp3) is 0.889. The summed E-state index contributed by atoms with van der Waals surface area (Å²) in [6, 6.07) is -0.310. The molecule has 2 fully saturated rings. The standard InChI is InChI=1S/C9H15NO2S/c11-9(12)7-5-13-8(10-7)6-3-1-2-4-6/h6-8,10H,1-5H2,(H,11,12)/t7-,8+/m1/s1. The van der Waals surface area contributed by atoms with Gasteiger partial charge in [0.05, 0.1) is 5.37 Å². The van der Waals surface area contributed by atoms with Crippen LogP contribution in [-0.4, -0.2) is 28.2 Å². The van der Waals surface area contributed by atoms with Crippen LogP contribution in [0, 0.1) is 5.92 Å². The number of aliphatic carboxylic acids is 1. The summed E-state index contributed by atoms with van der Waals surface area (Å²) in [5.41, 5.74) is 0. The highest BCUT2D eigenvalue weighted by atomic mass is 32.2. The van der Waals surface area contributed by atoms with Crippen molar-refractivity contribution in [3.8, 4) is 0 Å². The molecular formula is C9H15NO2S. The van der Waals surface area contributed by atoms with E-state index in [4.69, 9.17) is 5.11 Å². The fourth-order valence-corrected chi connectivity index (χ4v) is 3.61. The van der Waals surface area contributed by atoms with E-state index in [1.807, 2.05) is 0 Å². The second kappa shape index (κ2) is 3.88. The van der Waals surface area contributed by atoms with Gasteiger partial charge in [-0.05, 0) is 18.8 Å². The molecule has 2 N–H and O–H groups in total. The molecule has 1 saturated carbocycles. The van der Waals surface area contributed by atoms with Gasteiger partial charge in [-0.1, -0.05) is 12.8 Å². The van der Waals surface area contributed by atoms with Crippen LogP contribution >= 0.6 is 11.8 Å². The van der Waals surface area contributed by atoms with Gasteiger partial charge >= 0.3 is 5.97 Å². The van der Waals surface area contributed by atoms with E-state index in [-0.39, 0.29) is 6.04 Å². The highest BCUT2D eigenvalue weighted by Gasteiger charge is 2.35. The average Bonchev–Trinajstić information content (AvgIpc) is 2.75. The van der Waals surface area contributed by atoms with Crippen molar-refractivity contribution in [3.05, 3.63) is 0 Å². The average molecular weight is 201 g/mol. The maximum atomic E-state index is 10.7. The minimum atomic E-state index is -0.701. The Morgan fingerprint density at radius 1 is 1.38 bits per heavy atom. The monoisotopic (exact) mass is 201 g/mol. The first-order valence-electron chi connectivity index (χ1n) is 4.88. The van der Waals surface area contributed by atoms with E-state index in [2.05, 4.69) is 5.32 Å². The van der Waals surface area contributed by atoms with Gasteiger partial charge in [-0.15, -0.1) is 11.8 Å². The number of carbonyl (C=O) groups is 1. The summed E-state index contributed by atoms with van der Waals surface area (Å²) in [6.45, 7) is 0. The lowest BCUT2D eigenvalue weighted by Crippen LogP contribution is -2.38. The number of hydrogen-bond acceptors (Lipinski definition) is 3. The summed E-state index contributed by atoms with van der Waals surface area (Å²) >= 11 is 1.78. The summed E-state index contributed by atoms with van der Waals surface area (Å²) in [6.07, 6.45) is 5.19. The molecule has 3 nitrogen and oxygen atoms in total. The quantitative estimate of drug-likeness (QED) is 0.707. The Labute approximate surface area is 82.3 Å². The molecule has 0 radical (unpaired) electrons. The van der Waals surface area contributed by atoms with E-state index in [0.717, 1.165) is 5.75 Å². The highest BCUT2D eigenvalue weighted by Crippen LogP contribution is 2.35. The largest absolute Gasteiger partial charge is 0.480 e. The number of thioether (sulfide) groups is 1. The van der Waals surface area contributed by atoms with E-state index < -0.39 is 5.97 Å². The van der Waals surface area contributed by atoms with Crippen molar-refractivity contribution in [1.29, 1.82) is 0 Å². The van der Waals surface area contributed by atoms with Gasteiger partial charge in [0.1, 0.15) is 6.04 Å². The van der Waals surface area contributed by atoms with Crippen LogP contribution in [0.15, 0.2) is 0 Å². The van der Waals surface area contributed by atoms with Crippen LogP contribution < -0.4 is 5.32 Å². The minimum absolute atomic E-state index is 0.310. The summed E-state index contributed by atoms with van der Waals surface area (Å²) in [7, 11) is 0. The second-order valence-corrected chi connectivity index (χ2v) is 5.03. The maximum Gasteiger partial charge on any atom is 0.321 e. The van der Waals surface area contributed by atoms with Crippen LogP contribution in [0.2, 0.25) is 0 Å². The minimum Gasteiger partial charge on any atom is -0.480 e. The summed E-state index contributed by atoms with van der Waals surface area (Å²) in [5.74, 6) is 0.749. The molecule has 0 spiro atoms. The van der Waals surface area contributed by atoms with Gasteiger partial charge < -0.3 is 5.11 Å². The van der Waals surface area contributed by atoms with E-state index >= 15 is 0 Å². The number of carboxylic acid groups (broad SMARTS) is 1. The molecule has 1 aliphatic carbocycles. The molecule has 2 rings (SSSR count). The number of nitrogens with one attached hydrogen (secondary N) is 1. The first-order chi connectivity index (χ1) is 6.27. The Hall–Kier alpha value is -0.220. The number of carboxylic acids is 1. The summed E-state index contributed by atoms with van der Waals surface area (Å²) < 4.78 is 0. The molecule has 0 aromatic rings. The molecule has 1 aliphatic heterocycles. The predicted molar refractivity (Wildman–Crippen MR) is 52.8 cm³/mol. The Balaban J connectivity index is 1.86. The zero-order valence-electron chi connectivity index (χ0n) is 7.53. The molecule has 74 valence electrons. The van der Waals surface area contributed by atoms with Gasteiger partial charge in [0.15, 0.2) is 0 Å². The third-order valence-electron chi connectivity index (χ3n) is 2.93. The topological polar surface area (TPSA) is 49.3 Å². The molecule has 4 heteroatoms. The molecule has 0 aromatic heterocycles. The third-order valence-corrected chi connectivity index (χ3v) is 4.34. The fourth-order valence-electron chi connectivity index (χ4n) is 2.17. The van der Waals surface area contributed by atoms with Crippen LogP contribution in [-0.2, 0) is 4.79 Å². The smallest absolute Gasteiger partial charge is 0.321 e. The lowest BCUT2D eigenvalue weighted by molar-refractivity contribution is -0.138. The number of rotatable bonds is 2. The van der Waals surface area contributed by atoms with E-state index in [9.17, 15) is 4.79 Å². The van der Waals surface area contributed by atoms with Gasteiger partial charge in [0, 0.05) is 5.75 Å². The van der Waals surface area contributed by atoms with Crippen molar-refractivity contribution in [2.24, 2.45) is 5.92 Å². The van der Waals surface area contributed by atoms with Crippen LogP contribution in [0.1, 0.15) is 25.7 Å². The van der Waals surface area contributed by atoms with Crippen molar-refractivity contribution >= 4 is 17.7 Å². The van der Waals surface area contributed by atoms with Gasteiger partial charge in [-0.25, -0.2) is 0 Å². The SMILES string of the molecule is O=C(O)[C@H]1CS[C@@H](C2CCCC2)N1. The maximum absolute atomic E-state index is 10.7. The van der Waals surface area contributed by atoms with Crippen molar-refractivity contribution in [2.75, 3.05) is 5.75 Å². The highest BCUT2D eigenvalue weighted by molar-refractivity contribution is 8.00. The Bertz CT molecular complexity index is 204. The van der Waals surface area contributed by atoms with E-state index in [1.165, 1.54) is 25.7 Å².